The van der Waals surface area contributed by atoms with Crippen molar-refractivity contribution < 1.29 is 9.47 Å². The summed E-state index contributed by atoms with van der Waals surface area (Å²) < 4.78 is 10.7. The van der Waals surface area contributed by atoms with Gasteiger partial charge >= 0.3 is 0 Å². The Kier molecular flexibility index (Phi) is 4.76. The van der Waals surface area contributed by atoms with Gasteiger partial charge in [-0.05, 0) is 60.4 Å². The van der Waals surface area contributed by atoms with Crippen LogP contribution in [0.3, 0.4) is 0 Å². The fourth-order valence-electron chi connectivity index (χ4n) is 2.33. The lowest BCUT2D eigenvalue weighted by molar-refractivity contribution is 0.354. The van der Waals surface area contributed by atoms with Gasteiger partial charge in [-0.3, -0.25) is 0 Å². The summed E-state index contributed by atoms with van der Waals surface area (Å²) >= 11 is 6.42. The summed E-state index contributed by atoms with van der Waals surface area (Å²) in [6.45, 7) is 4.51. The third-order valence-electron chi connectivity index (χ3n) is 3.70. The van der Waals surface area contributed by atoms with E-state index in [0.717, 1.165) is 16.7 Å². The molecular weight excluding hydrogens is 286 g/mol. The Morgan fingerprint density at radius 3 is 2.05 bits per heavy atom. The van der Waals surface area contributed by atoms with E-state index in [2.05, 4.69) is 13.0 Å². The summed E-state index contributed by atoms with van der Waals surface area (Å²) in [7, 11) is 3.23. The van der Waals surface area contributed by atoms with Crippen LogP contribution in [-0.2, 0) is 6.54 Å². The van der Waals surface area contributed by atoms with Gasteiger partial charge in [0.15, 0.2) is 11.5 Å². The minimum absolute atomic E-state index is 0.402. The van der Waals surface area contributed by atoms with Gasteiger partial charge in [-0.25, -0.2) is 0 Å². The average molecular weight is 306 g/mol. The Balaban J connectivity index is 2.70. The van der Waals surface area contributed by atoms with Gasteiger partial charge in [0.05, 0.1) is 14.2 Å². The smallest absolute Gasteiger partial charge is 0.161 e. The van der Waals surface area contributed by atoms with E-state index >= 15 is 0 Å². The minimum Gasteiger partial charge on any atom is -0.493 e. The molecule has 0 atom stereocenters. The lowest BCUT2D eigenvalue weighted by atomic mass is 9.95. The molecule has 0 amide bonds. The van der Waals surface area contributed by atoms with E-state index in [0.29, 0.717) is 23.1 Å². The lowest BCUT2D eigenvalue weighted by Crippen LogP contribution is -2.02. The van der Waals surface area contributed by atoms with Crippen molar-refractivity contribution in [2.45, 2.75) is 20.4 Å². The highest BCUT2D eigenvalue weighted by atomic mass is 35.5. The molecule has 3 nitrogen and oxygen atoms in total. The number of ether oxygens (including phenoxy) is 2. The Labute approximate surface area is 130 Å². The normalized spacial score (nSPS) is 10.6. The van der Waals surface area contributed by atoms with Gasteiger partial charge in [-0.1, -0.05) is 11.6 Å². The summed E-state index contributed by atoms with van der Waals surface area (Å²) in [6, 6.07) is 7.89. The van der Waals surface area contributed by atoms with E-state index in [-0.39, 0.29) is 0 Å². The molecule has 0 radical (unpaired) electrons. The van der Waals surface area contributed by atoms with Gasteiger partial charge < -0.3 is 15.2 Å². The van der Waals surface area contributed by atoms with Gasteiger partial charge in [0, 0.05) is 17.1 Å². The predicted molar refractivity (Wildman–Crippen MR) is 87.4 cm³/mol. The maximum absolute atomic E-state index is 6.42. The SMILES string of the molecule is COc1cc(CN)c(-c2cc(C)c(C)cc2Cl)cc1OC. The molecule has 21 heavy (non-hydrogen) atoms. The number of hydrogen-bond acceptors (Lipinski definition) is 3. The fraction of sp³-hybridized carbons (Fsp3) is 0.294. The van der Waals surface area contributed by atoms with Crippen molar-refractivity contribution in [2.75, 3.05) is 14.2 Å². The van der Waals surface area contributed by atoms with Crippen LogP contribution in [0.4, 0.5) is 0 Å². The zero-order valence-corrected chi connectivity index (χ0v) is 13.5. The van der Waals surface area contributed by atoms with Gasteiger partial charge in [-0.15, -0.1) is 0 Å². The number of halogens is 1. The first-order valence-corrected chi connectivity index (χ1v) is 7.11. The Morgan fingerprint density at radius 1 is 0.905 bits per heavy atom. The summed E-state index contributed by atoms with van der Waals surface area (Å²) in [5.41, 5.74) is 11.1. The van der Waals surface area contributed by atoms with Crippen LogP contribution in [0.15, 0.2) is 24.3 Å². The van der Waals surface area contributed by atoms with E-state index in [1.165, 1.54) is 11.1 Å². The fourth-order valence-corrected chi connectivity index (χ4v) is 2.65. The summed E-state index contributed by atoms with van der Waals surface area (Å²) in [4.78, 5) is 0. The van der Waals surface area contributed by atoms with Crippen LogP contribution >= 0.6 is 11.6 Å². The molecule has 0 unspecified atom stereocenters. The van der Waals surface area contributed by atoms with Crippen molar-refractivity contribution in [3.8, 4) is 22.6 Å². The summed E-state index contributed by atoms with van der Waals surface area (Å²) in [5, 5.41) is 0.708. The molecular formula is C17H20ClNO2. The van der Waals surface area contributed by atoms with Crippen molar-refractivity contribution in [3.05, 3.63) is 46.0 Å². The quantitative estimate of drug-likeness (QED) is 0.925. The monoisotopic (exact) mass is 305 g/mol. The molecule has 2 aromatic carbocycles. The molecule has 0 heterocycles. The molecule has 4 heteroatoms. The highest BCUT2D eigenvalue weighted by Gasteiger charge is 2.15. The van der Waals surface area contributed by atoms with Crippen molar-refractivity contribution >= 4 is 11.6 Å². The topological polar surface area (TPSA) is 44.5 Å². The van der Waals surface area contributed by atoms with Crippen molar-refractivity contribution in [1.82, 2.24) is 0 Å². The summed E-state index contributed by atoms with van der Waals surface area (Å²) in [5.74, 6) is 1.33. The molecule has 0 aliphatic heterocycles. The van der Waals surface area contributed by atoms with Crippen LogP contribution in [-0.4, -0.2) is 14.2 Å². The van der Waals surface area contributed by atoms with Crippen LogP contribution in [0, 0.1) is 13.8 Å². The Bertz CT molecular complexity index is 668. The first-order chi connectivity index (χ1) is 10.0. The maximum Gasteiger partial charge on any atom is 0.161 e. The Hall–Kier alpha value is -1.71. The van der Waals surface area contributed by atoms with Gasteiger partial charge in [0.1, 0.15) is 0 Å². The number of benzene rings is 2. The largest absolute Gasteiger partial charge is 0.493 e. The molecule has 2 rings (SSSR count). The number of nitrogens with two attached hydrogens (primary N) is 1. The summed E-state index contributed by atoms with van der Waals surface area (Å²) in [6.07, 6.45) is 0. The molecule has 112 valence electrons. The first-order valence-electron chi connectivity index (χ1n) is 6.73. The van der Waals surface area contributed by atoms with Crippen molar-refractivity contribution in [1.29, 1.82) is 0 Å². The van der Waals surface area contributed by atoms with Crippen molar-refractivity contribution in [3.63, 3.8) is 0 Å². The average Bonchev–Trinajstić information content (AvgIpc) is 2.49. The second kappa shape index (κ2) is 6.37. The Morgan fingerprint density at radius 2 is 1.48 bits per heavy atom. The number of aryl methyl sites for hydroxylation is 2. The molecule has 0 spiro atoms. The van der Waals surface area contributed by atoms with Crippen LogP contribution < -0.4 is 15.2 Å². The molecule has 2 N–H and O–H groups in total. The molecule has 0 aromatic heterocycles. The van der Waals surface area contributed by atoms with Crippen LogP contribution in [0.5, 0.6) is 11.5 Å². The number of rotatable bonds is 4. The highest BCUT2D eigenvalue weighted by Crippen LogP contribution is 2.39. The van der Waals surface area contributed by atoms with E-state index in [1.54, 1.807) is 14.2 Å². The van der Waals surface area contributed by atoms with Crippen molar-refractivity contribution in [2.24, 2.45) is 5.73 Å². The molecule has 0 bridgehead atoms. The molecule has 2 aromatic rings. The zero-order chi connectivity index (χ0) is 15.6. The second-order valence-electron chi connectivity index (χ2n) is 4.98. The number of hydrogen-bond donors (Lipinski definition) is 1. The van der Waals surface area contributed by atoms with Gasteiger partial charge in [-0.2, -0.15) is 0 Å². The lowest BCUT2D eigenvalue weighted by Gasteiger charge is -2.16. The molecule has 0 aliphatic rings. The van der Waals surface area contributed by atoms with E-state index in [4.69, 9.17) is 26.8 Å². The predicted octanol–water partition coefficient (Wildman–Crippen LogP) is 4.10. The maximum atomic E-state index is 6.42. The van der Waals surface area contributed by atoms with Gasteiger partial charge in [0.25, 0.3) is 0 Å². The second-order valence-corrected chi connectivity index (χ2v) is 5.39. The number of methoxy groups -OCH3 is 2. The molecule has 0 saturated heterocycles. The van der Waals surface area contributed by atoms with Crippen LogP contribution in [0.1, 0.15) is 16.7 Å². The van der Waals surface area contributed by atoms with Gasteiger partial charge in [0.2, 0.25) is 0 Å². The standard InChI is InChI=1S/C17H20ClNO2/c1-10-5-14(15(18)6-11(10)2)13-8-17(21-4)16(20-3)7-12(13)9-19/h5-8H,9,19H2,1-4H3. The zero-order valence-electron chi connectivity index (χ0n) is 12.8. The van der Waals surface area contributed by atoms with Crippen LogP contribution in [0.2, 0.25) is 5.02 Å². The molecule has 0 aliphatic carbocycles. The van der Waals surface area contributed by atoms with E-state index < -0.39 is 0 Å². The van der Waals surface area contributed by atoms with E-state index in [1.807, 2.05) is 25.1 Å². The van der Waals surface area contributed by atoms with Crippen LogP contribution in [0.25, 0.3) is 11.1 Å². The minimum atomic E-state index is 0.402. The first kappa shape index (κ1) is 15.7. The third-order valence-corrected chi connectivity index (χ3v) is 4.02. The van der Waals surface area contributed by atoms with E-state index in [9.17, 15) is 0 Å². The highest BCUT2D eigenvalue weighted by molar-refractivity contribution is 6.33. The third kappa shape index (κ3) is 2.99. The molecule has 0 saturated carbocycles. The molecule has 0 fully saturated rings.